The zero-order valence-corrected chi connectivity index (χ0v) is 14.1. The molecular formula is C13H19N7S2. The van der Waals surface area contributed by atoms with Gasteiger partial charge in [-0.15, -0.1) is 0 Å². The van der Waals surface area contributed by atoms with Gasteiger partial charge >= 0.3 is 0 Å². The summed E-state index contributed by atoms with van der Waals surface area (Å²) < 4.78 is 0. The second kappa shape index (κ2) is 10.6. The van der Waals surface area contributed by atoms with Crippen molar-refractivity contribution in [2.45, 2.75) is 13.8 Å². The summed E-state index contributed by atoms with van der Waals surface area (Å²) in [6, 6.07) is 3.65. The number of hydrogen-bond acceptors (Lipinski definition) is 5. The average molecular weight is 337 g/mol. The molecule has 1 aromatic heterocycles. The van der Waals surface area contributed by atoms with Crippen molar-refractivity contribution in [3.63, 3.8) is 0 Å². The molecule has 0 bridgehead atoms. The molecule has 0 saturated heterocycles. The highest BCUT2D eigenvalue weighted by Gasteiger charge is 2.01. The summed E-state index contributed by atoms with van der Waals surface area (Å²) in [5.41, 5.74) is 6.92. The Morgan fingerprint density at radius 3 is 2.27 bits per heavy atom. The first kappa shape index (κ1) is 17.9. The van der Waals surface area contributed by atoms with Crippen LogP contribution in [0.4, 0.5) is 0 Å². The van der Waals surface area contributed by atoms with Gasteiger partial charge in [0.1, 0.15) is 5.71 Å². The van der Waals surface area contributed by atoms with E-state index in [2.05, 4.69) is 36.7 Å². The van der Waals surface area contributed by atoms with Gasteiger partial charge in [0.15, 0.2) is 10.2 Å². The van der Waals surface area contributed by atoms with Crippen molar-refractivity contribution in [1.82, 2.24) is 26.5 Å². The molecule has 0 amide bonds. The Morgan fingerprint density at radius 2 is 1.68 bits per heavy atom. The van der Waals surface area contributed by atoms with E-state index in [-0.39, 0.29) is 0 Å². The molecule has 0 aliphatic heterocycles. The molecule has 9 heteroatoms. The number of hydrogen-bond donors (Lipinski definition) is 4. The number of pyridine rings is 1. The minimum atomic E-state index is 0.443. The van der Waals surface area contributed by atoms with Crippen molar-refractivity contribution in [2.75, 3.05) is 13.1 Å². The van der Waals surface area contributed by atoms with Gasteiger partial charge in [-0.05, 0) is 50.4 Å². The molecule has 22 heavy (non-hydrogen) atoms. The summed E-state index contributed by atoms with van der Waals surface area (Å²) in [7, 11) is 0. The van der Waals surface area contributed by atoms with Crippen LogP contribution in [0.2, 0.25) is 0 Å². The van der Waals surface area contributed by atoms with E-state index >= 15 is 0 Å². The second-order valence-corrected chi connectivity index (χ2v) is 4.75. The minimum absolute atomic E-state index is 0.443. The van der Waals surface area contributed by atoms with Crippen LogP contribution in [0.3, 0.4) is 0 Å². The number of nitrogens with one attached hydrogen (secondary N) is 4. The highest BCUT2D eigenvalue weighted by atomic mass is 32.1. The van der Waals surface area contributed by atoms with Crippen LogP contribution in [-0.4, -0.2) is 40.2 Å². The van der Waals surface area contributed by atoms with Crippen molar-refractivity contribution in [2.24, 2.45) is 10.2 Å². The molecule has 0 atom stereocenters. The smallest absolute Gasteiger partial charge is 0.186 e. The van der Waals surface area contributed by atoms with Crippen LogP contribution in [0, 0.1) is 0 Å². The third-order valence-corrected chi connectivity index (χ3v) is 2.75. The maximum atomic E-state index is 5.08. The molecule has 7 nitrogen and oxygen atoms in total. The van der Waals surface area contributed by atoms with Crippen LogP contribution in [-0.2, 0) is 0 Å². The van der Waals surface area contributed by atoms with Gasteiger partial charge in [0, 0.05) is 31.0 Å². The van der Waals surface area contributed by atoms with E-state index in [0.29, 0.717) is 15.9 Å². The summed E-state index contributed by atoms with van der Waals surface area (Å²) in [6.45, 7) is 5.35. The number of hydrazone groups is 2. The van der Waals surface area contributed by atoms with E-state index in [1.54, 1.807) is 18.6 Å². The number of thiocarbonyl (C=S) groups is 2. The van der Waals surface area contributed by atoms with Gasteiger partial charge in [-0.3, -0.25) is 15.8 Å². The summed E-state index contributed by atoms with van der Waals surface area (Å²) in [6.07, 6.45) is 4.91. The summed E-state index contributed by atoms with van der Waals surface area (Å²) >= 11 is 10.1. The van der Waals surface area contributed by atoms with E-state index in [1.165, 1.54) is 0 Å². The number of nitrogens with zero attached hydrogens (tertiary/aromatic N) is 3. The number of rotatable bonds is 6. The fourth-order valence-electron chi connectivity index (χ4n) is 1.35. The zero-order chi connectivity index (χ0) is 16.2. The second-order valence-electron chi connectivity index (χ2n) is 3.93. The van der Waals surface area contributed by atoms with Gasteiger partial charge in [0.2, 0.25) is 0 Å². The Balaban J connectivity index is 2.79. The molecule has 0 unspecified atom stereocenters. The van der Waals surface area contributed by atoms with Crippen molar-refractivity contribution < 1.29 is 0 Å². The highest BCUT2D eigenvalue weighted by Crippen LogP contribution is 1.97. The molecule has 0 aliphatic rings. The fourth-order valence-corrected chi connectivity index (χ4v) is 1.74. The molecule has 1 rings (SSSR count). The first-order chi connectivity index (χ1) is 10.7. The van der Waals surface area contributed by atoms with E-state index in [9.17, 15) is 0 Å². The largest absolute Gasteiger partial charge is 0.362 e. The van der Waals surface area contributed by atoms with Crippen LogP contribution in [0.5, 0.6) is 0 Å². The molecule has 4 N–H and O–H groups in total. The lowest BCUT2D eigenvalue weighted by atomic mass is 10.2. The van der Waals surface area contributed by atoms with Crippen LogP contribution in [0.1, 0.15) is 19.4 Å². The van der Waals surface area contributed by atoms with Crippen LogP contribution in [0.15, 0.2) is 34.7 Å². The SMILES string of the molecule is CCNC(=S)N/N=C(\C=N\NC(=S)NCC)c1ccncc1. The van der Waals surface area contributed by atoms with Crippen LogP contribution >= 0.6 is 24.4 Å². The predicted molar refractivity (Wildman–Crippen MR) is 98.1 cm³/mol. The van der Waals surface area contributed by atoms with E-state index in [4.69, 9.17) is 24.4 Å². The zero-order valence-electron chi connectivity index (χ0n) is 12.5. The highest BCUT2D eigenvalue weighted by molar-refractivity contribution is 7.80. The molecule has 0 aromatic carbocycles. The maximum absolute atomic E-state index is 5.08. The van der Waals surface area contributed by atoms with Gasteiger partial charge < -0.3 is 10.6 Å². The number of aromatic nitrogens is 1. The lowest BCUT2D eigenvalue weighted by molar-refractivity contribution is 0.899. The molecule has 1 aromatic rings. The van der Waals surface area contributed by atoms with E-state index in [0.717, 1.165) is 18.7 Å². The molecule has 0 radical (unpaired) electrons. The average Bonchev–Trinajstić information content (AvgIpc) is 2.52. The topological polar surface area (TPSA) is 85.7 Å². The van der Waals surface area contributed by atoms with Crippen molar-refractivity contribution in [3.05, 3.63) is 30.1 Å². The first-order valence-corrected chi connectivity index (χ1v) is 7.57. The Labute approximate surface area is 140 Å². The van der Waals surface area contributed by atoms with Gasteiger partial charge in [-0.2, -0.15) is 10.2 Å². The monoisotopic (exact) mass is 337 g/mol. The summed E-state index contributed by atoms with van der Waals surface area (Å²) in [5.74, 6) is 0. The van der Waals surface area contributed by atoms with Crippen LogP contribution < -0.4 is 21.5 Å². The molecule has 0 aliphatic carbocycles. The molecular weight excluding hydrogens is 318 g/mol. The van der Waals surface area contributed by atoms with Gasteiger partial charge in [-0.25, -0.2) is 0 Å². The summed E-state index contributed by atoms with van der Waals surface area (Å²) in [5, 5.41) is 15.1. The standard InChI is InChI=1S/C13H19N7S2/c1-3-15-12(21)19-17-9-11(10-5-7-14-8-6-10)18-20-13(22)16-4-2/h5-9H,3-4H2,1-2H3,(H2,15,19,21)(H2,16,20,22)/b17-9+,18-11+. The molecule has 1 heterocycles. The first-order valence-electron chi connectivity index (χ1n) is 6.76. The Hall–Kier alpha value is -2.13. The summed E-state index contributed by atoms with van der Waals surface area (Å²) in [4.78, 5) is 3.98. The van der Waals surface area contributed by atoms with E-state index < -0.39 is 0 Å². The van der Waals surface area contributed by atoms with Gasteiger partial charge in [0.05, 0.1) is 6.21 Å². The normalized spacial score (nSPS) is 11.1. The minimum Gasteiger partial charge on any atom is -0.362 e. The fraction of sp³-hybridized carbons (Fsp3) is 0.308. The lowest BCUT2D eigenvalue weighted by Crippen LogP contribution is -2.33. The van der Waals surface area contributed by atoms with E-state index in [1.807, 2.05) is 26.0 Å². The molecule has 0 saturated carbocycles. The Bertz CT molecular complexity index is 543. The van der Waals surface area contributed by atoms with Gasteiger partial charge in [-0.1, -0.05) is 0 Å². The molecule has 118 valence electrons. The van der Waals surface area contributed by atoms with Crippen molar-refractivity contribution in [1.29, 1.82) is 0 Å². The van der Waals surface area contributed by atoms with Gasteiger partial charge in [0.25, 0.3) is 0 Å². The Morgan fingerprint density at radius 1 is 1.09 bits per heavy atom. The quantitative estimate of drug-likeness (QED) is 0.346. The molecule has 0 spiro atoms. The third kappa shape index (κ3) is 7.04. The van der Waals surface area contributed by atoms with Crippen molar-refractivity contribution in [3.8, 4) is 0 Å². The lowest BCUT2D eigenvalue weighted by Gasteiger charge is -2.06. The third-order valence-electron chi connectivity index (χ3n) is 2.28. The predicted octanol–water partition coefficient (Wildman–Crippen LogP) is 0.740. The van der Waals surface area contributed by atoms with Crippen molar-refractivity contribution >= 4 is 46.6 Å². The molecule has 0 fully saturated rings. The van der Waals surface area contributed by atoms with Crippen LogP contribution in [0.25, 0.3) is 0 Å². The maximum Gasteiger partial charge on any atom is 0.186 e. The Kier molecular flexibility index (Phi) is 8.61.